The molecule has 3 nitrogen and oxygen atoms in total. The smallest absolute Gasteiger partial charge is 0.162 e. The van der Waals surface area contributed by atoms with Gasteiger partial charge in [0.25, 0.3) is 0 Å². The third kappa shape index (κ3) is 8.64. The molecule has 231 valence electrons. The van der Waals surface area contributed by atoms with Gasteiger partial charge in [0.1, 0.15) is 0 Å². The van der Waals surface area contributed by atoms with Gasteiger partial charge in [-0.05, 0) is 66.9 Å². The molecule has 0 unspecified atom stereocenters. The van der Waals surface area contributed by atoms with Crippen LogP contribution in [0.2, 0.25) is 0 Å². The quantitative estimate of drug-likeness (QED) is 0.142. The Kier molecular flexibility index (Phi) is 13.2. The number of aliphatic hydroxyl groups excluding tert-OH is 1. The molecule has 4 heteroatoms. The summed E-state index contributed by atoms with van der Waals surface area (Å²) < 4.78 is 0. The number of aryl methyl sites for hydroxylation is 1. The molecule has 3 aromatic rings. The number of hydrogen-bond donors (Lipinski definition) is 1. The number of allylic oxidation sites excluding steroid dienone is 2. The first-order chi connectivity index (χ1) is 19.4. The van der Waals surface area contributed by atoms with Gasteiger partial charge in [-0.3, -0.25) is 9.78 Å². The van der Waals surface area contributed by atoms with Gasteiger partial charge in [0.05, 0.1) is 5.76 Å². The average molecular weight is 747 g/mol. The Labute approximate surface area is 269 Å². The van der Waals surface area contributed by atoms with Crippen LogP contribution in [0.5, 0.6) is 0 Å². The van der Waals surface area contributed by atoms with Crippen LogP contribution in [-0.4, -0.2) is 15.9 Å². The number of aromatic nitrogens is 1. The zero-order chi connectivity index (χ0) is 30.4. The van der Waals surface area contributed by atoms with Gasteiger partial charge in [-0.15, -0.1) is 29.1 Å². The second-order valence-electron chi connectivity index (χ2n) is 13.4. The summed E-state index contributed by atoms with van der Waals surface area (Å²) in [5.41, 5.74) is 6.73. The molecule has 1 N–H and O–H groups in total. The average Bonchev–Trinajstić information content (AvgIpc) is 2.93. The number of benzene rings is 2. The fourth-order valence-corrected chi connectivity index (χ4v) is 6.08. The van der Waals surface area contributed by atoms with Crippen LogP contribution in [-0.2, 0) is 42.2 Å². The van der Waals surface area contributed by atoms with E-state index in [-0.39, 0.29) is 54.3 Å². The van der Waals surface area contributed by atoms with Crippen molar-refractivity contribution >= 4 is 16.6 Å². The zero-order valence-corrected chi connectivity index (χ0v) is 29.8. The summed E-state index contributed by atoms with van der Waals surface area (Å²) in [6.07, 6.45) is 10.7. The predicted molar refractivity (Wildman–Crippen MR) is 175 cm³/mol. The van der Waals surface area contributed by atoms with E-state index in [9.17, 15) is 9.90 Å². The number of hydrogen-bond acceptors (Lipinski definition) is 3. The van der Waals surface area contributed by atoms with E-state index in [1.165, 1.54) is 46.4 Å². The molecule has 1 aromatic heterocycles. The van der Waals surface area contributed by atoms with Crippen molar-refractivity contribution in [2.75, 3.05) is 0 Å². The van der Waals surface area contributed by atoms with Gasteiger partial charge in [-0.1, -0.05) is 97.5 Å². The maximum Gasteiger partial charge on any atom is 0.162 e. The van der Waals surface area contributed by atoms with E-state index in [0.29, 0.717) is 0 Å². The van der Waals surface area contributed by atoms with Gasteiger partial charge < -0.3 is 5.11 Å². The molecule has 4 rings (SSSR count). The summed E-state index contributed by atoms with van der Waals surface area (Å²) in [6.45, 7) is 19.6. The van der Waals surface area contributed by atoms with Crippen LogP contribution < -0.4 is 0 Å². The van der Waals surface area contributed by atoms with Crippen LogP contribution in [0.15, 0.2) is 54.4 Å². The Bertz CT molecular complexity index is 1360. The van der Waals surface area contributed by atoms with Crippen molar-refractivity contribution in [2.24, 2.45) is 11.8 Å². The van der Waals surface area contributed by atoms with Crippen molar-refractivity contribution in [3.63, 3.8) is 0 Å². The Morgan fingerprint density at radius 1 is 1.02 bits per heavy atom. The zero-order valence-electron chi connectivity index (χ0n) is 27.4. The number of carbonyl (C=O) groups excluding carboxylic acids is 1. The third-order valence-corrected chi connectivity index (χ3v) is 8.91. The first-order valence-corrected chi connectivity index (χ1v) is 15.8. The van der Waals surface area contributed by atoms with Gasteiger partial charge in [0.2, 0.25) is 0 Å². The molecule has 1 aliphatic rings. The molecule has 0 fully saturated rings. The number of pyridine rings is 1. The van der Waals surface area contributed by atoms with Crippen molar-refractivity contribution < 1.29 is 30.0 Å². The molecule has 42 heavy (non-hydrogen) atoms. The fourth-order valence-electron chi connectivity index (χ4n) is 6.08. The Balaban J connectivity index is 0.000000334. The van der Waals surface area contributed by atoms with Crippen molar-refractivity contribution in [3.8, 4) is 11.3 Å². The van der Waals surface area contributed by atoms with Crippen molar-refractivity contribution in [1.82, 2.24) is 4.98 Å². The summed E-state index contributed by atoms with van der Waals surface area (Å²) >= 11 is 0. The van der Waals surface area contributed by atoms with E-state index < -0.39 is 0 Å². The van der Waals surface area contributed by atoms with Gasteiger partial charge in [0.15, 0.2) is 5.78 Å². The summed E-state index contributed by atoms with van der Waals surface area (Å²) in [6, 6.07) is 16.8. The molecule has 0 spiro atoms. The molecule has 0 saturated heterocycles. The molecular formula is C38H52IrNO2-. The van der Waals surface area contributed by atoms with Gasteiger partial charge in [0, 0.05) is 49.9 Å². The predicted octanol–water partition coefficient (Wildman–Crippen LogP) is 10.5. The van der Waals surface area contributed by atoms with Gasteiger partial charge in [-0.25, -0.2) is 0 Å². The molecule has 2 aromatic carbocycles. The van der Waals surface area contributed by atoms with Gasteiger partial charge >= 0.3 is 0 Å². The molecule has 0 saturated carbocycles. The summed E-state index contributed by atoms with van der Waals surface area (Å²) in [4.78, 5) is 16.6. The van der Waals surface area contributed by atoms with Crippen LogP contribution >= 0.6 is 0 Å². The normalized spacial score (nSPS) is 14.7. The maximum absolute atomic E-state index is 11.7. The number of carbonyl (C=O) groups is 1. The largest absolute Gasteiger partial charge is 0.512 e. The first-order valence-electron chi connectivity index (χ1n) is 15.8. The van der Waals surface area contributed by atoms with E-state index in [1.807, 2.05) is 27.7 Å². The number of rotatable bonds is 8. The molecule has 1 heterocycles. The Morgan fingerprint density at radius 3 is 2.24 bits per heavy atom. The SMILES string of the molecule is CC(C)(C)c1cc(-c2cc3c(cn2)C(C)(C)CCC3)[c-]c2ccccc12.CCC(CC)C(=O)/C=C(\O)C(CC)CC.[Ir]. The van der Waals surface area contributed by atoms with Crippen LogP contribution in [0.1, 0.15) is 118 Å². The molecular weight excluding hydrogens is 695 g/mol. The minimum Gasteiger partial charge on any atom is -0.512 e. The molecule has 1 aliphatic carbocycles. The first kappa shape index (κ1) is 35.9. The topological polar surface area (TPSA) is 50.2 Å². The molecule has 0 bridgehead atoms. The summed E-state index contributed by atoms with van der Waals surface area (Å²) in [5.74, 6) is 0.547. The van der Waals surface area contributed by atoms with Gasteiger partial charge in [-0.2, -0.15) is 0 Å². The Hall–Kier alpha value is -2.29. The number of ketones is 1. The maximum atomic E-state index is 11.7. The van der Waals surface area contributed by atoms with E-state index in [1.54, 1.807) is 0 Å². The van der Waals surface area contributed by atoms with E-state index >= 15 is 0 Å². The second-order valence-corrected chi connectivity index (χ2v) is 13.4. The van der Waals surface area contributed by atoms with Crippen LogP contribution in [0.25, 0.3) is 22.0 Å². The monoisotopic (exact) mass is 747 g/mol. The second kappa shape index (κ2) is 15.4. The van der Waals surface area contributed by atoms with E-state index in [2.05, 4.69) is 83.3 Å². The minimum absolute atomic E-state index is 0. The Morgan fingerprint density at radius 2 is 1.64 bits per heavy atom. The molecule has 0 amide bonds. The standard InChI is InChI=1S/C25H28N.C13H24O2.Ir/c1-24(2,3)21-14-19(13-17-9-6-7-11-20(17)21)23-15-18-10-8-12-25(4,5)22(18)16-26-23;1-5-10(6-2)12(14)9-13(15)11(7-3)8-4;/h6-7,9,11,14-16H,8,10,12H2,1-5H3;9-11,14H,5-8H2,1-4H3;/q-1;;/b;12-9-;. The third-order valence-electron chi connectivity index (χ3n) is 8.91. The fraction of sp³-hybridized carbons (Fsp3) is 0.526. The van der Waals surface area contributed by atoms with Crippen molar-refractivity contribution in [3.05, 3.63) is 77.2 Å². The molecule has 0 atom stereocenters. The number of fused-ring (bicyclic) bond motifs is 2. The number of nitrogens with zero attached hydrogens (tertiary/aromatic N) is 1. The summed E-state index contributed by atoms with van der Waals surface area (Å²) in [7, 11) is 0. The van der Waals surface area contributed by atoms with Crippen LogP contribution in [0.3, 0.4) is 0 Å². The van der Waals surface area contributed by atoms with Crippen molar-refractivity contribution in [1.29, 1.82) is 0 Å². The van der Waals surface area contributed by atoms with Crippen molar-refractivity contribution in [2.45, 2.75) is 118 Å². The van der Waals surface area contributed by atoms with Crippen LogP contribution in [0.4, 0.5) is 0 Å². The van der Waals surface area contributed by atoms with E-state index in [4.69, 9.17) is 4.98 Å². The number of aliphatic hydroxyl groups is 1. The molecule has 0 aliphatic heterocycles. The summed E-state index contributed by atoms with van der Waals surface area (Å²) in [5, 5.41) is 12.2. The minimum atomic E-state index is 0. The van der Waals surface area contributed by atoms with E-state index in [0.717, 1.165) is 43.4 Å². The molecule has 1 radical (unpaired) electrons. The van der Waals surface area contributed by atoms with Crippen LogP contribution in [0, 0.1) is 17.9 Å².